The molecule has 3 heterocycles. The van der Waals surface area contributed by atoms with Crippen LogP contribution in [0.1, 0.15) is 16.9 Å². The van der Waals surface area contributed by atoms with Gasteiger partial charge in [-0.25, -0.2) is 0 Å². The van der Waals surface area contributed by atoms with Crippen molar-refractivity contribution in [2.75, 3.05) is 13.6 Å². The molecule has 2 fully saturated rings. The zero-order chi connectivity index (χ0) is 13.9. The molecule has 6 heteroatoms. The van der Waals surface area contributed by atoms with E-state index in [2.05, 4.69) is 36.3 Å². The van der Waals surface area contributed by atoms with Crippen molar-refractivity contribution < 1.29 is 4.79 Å². The molecule has 0 radical (unpaired) electrons. The molecule has 0 amide bonds. The fraction of sp³-hybridized carbons (Fsp3) is 0.429. The molecule has 4 rings (SSSR count). The number of piperazine rings is 1. The summed E-state index contributed by atoms with van der Waals surface area (Å²) < 4.78 is 0.958. The second kappa shape index (κ2) is 4.38. The Balaban J connectivity index is 1.76. The maximum atomic E-state index is 12.9. The van der Waals surface area contributed by atoms with Crippen molar-refractivity contribution in [1.82, 2.24) is 20.4 Å². The van der Waals surface area contributed by atoms with Gasteiger partial charge in [0.2, 0.25) is 5.78 Å². The second-order valence-corrected chi connectivity index (χ2v) is 6.56. The predicted molar refractivity (Wildman–Crippen MR) is 79.9 cm³/mol. The molecular formula is C14H15BrN4O. The highest BCUT2D eigenvalue weighted by molar-refractivity contribution is 9.10. The highest BCUT2D eigenvalue weighted by atomic mass is 79.9. The summed E-state index contributed by atoms with van der Waals surface area (Å²) in [6.07, 6.45) is 1.05. The van der Waals surface area contributed by atoms with Crippen molar-refractivity contribution in [3.8, 4) is 0 Å². The lowest BCUT2D eigenvalue weighted by Crippen LogP contribution is -2.53. The topological polar surface area (TPSA) is 61.0 Å². The van der Waals surface area contributed by atoms with Gasteiger partial charge >= 0.3 is 0 Å². The lowest BCUT2D eigenvalue weighted by Gasteiger charge is -2.30. The number of hydrogen-bond acceptors (Lipinski definition) is 4. The van der Waals surface area contributed by atoms with Crippen LogP contribution >= 0.6 is 15.9 Å². The van der Waals surface area contributed by atoms with E-state index in [1.165, 1.54) is 0 Å². The summed E-state index contributed by atoms with van der Waals surface area (Å²) in [6, 6.07) is 6.47. The van der Waals surface area contributed by atoms with E-state index in [9.17, 15) is 4.79 Å². The van der Waals surface area contributed by atoms with Gasteiger partial charge in [-0.1, -0.05) is 15.9 Å². The molecule has 1 unspecified atom stereocenters. The second-order valence-electron chi connectivity index (χ2n) is 5.64. The van der Waals surface area contributed by atoms with Crippen LogP contribution in [0, 0.1) is 0 Å². The van der Waals surface area contributed by atoms with Crippen molar-refractivity contribution >= 4 is 32.6 Å². The number of ketones is 1. The highest BCUT2D eigenvalue weighted by Crippen LogP contribution is 2.31. The molecule has 2 aliphatic rings. The van der Waals surface area contributed by atoms with Gasteiger partial charge in [-0.2, -0.15) is 5.10 Å². The van der Waals surface area contributed by atoms with Crippen LogP contribution in [-0.4, -0.2) is 52.6 Å². The Hall–Kier alpha value is -1.24. The summed E-state index contributed by atoms with van der Waals surface area (Å²) >= 11 is 3.45. The van der Waals surface area contributed by atoms with Gasteiger partial charge in [0.15, 0.2) is 0 Å². The molecule has 0 aliphatic carbocycles. The van der Waals surface area contributed by atoms with Gasteiger partial charge in [-0.05, 0) is 31.7 Å². The molecule has 2 aliphatic heterocycles. The number of Topliss-reactive ketones (excluding diaryl/α,β-unsaturated/α-hetero) is 1. The van der Waals surface area contributed by atoms with Crippen LogP contribution < -0.4 is 5.32 Å². The Morgan fingerprint density at radius 3 is 3.10 bits per heavy atom. The number of aromatic nitrogens is 2. The molecule has 2 bridgehead atoms. The SMILES string of the molecule is CN1C(C(=O)c2n[nH]c3ccc(Br)cc23)[C@H]2C[C@H]1CN2. The molecule has 5 nitrogen and oxygen atoms in total. The van der Waals surface area contributed by atoms with Crippen LogP contribution in [0.15, 0.2) is 22.7 Å². The molecule has 1 aromatic carbocycles. The number of H-pyrrole nitrogens is 1. The number of likely N-dealkylation sites (N-methyl/N-ethyl adjacent to an activating group) is 1. The molecule has 2 saturated heterocycles. The monoisotopic (exact) mass is 334 g/mol. The third-order valence-corrected chi connectivity index (χ3v) is 5.06. The number of nitrogens with zero attached hydrogens (tertiary/aromatic N) is 2. The first-order valence-corrected chi connectivity index (χ1v) is 7.57. The van der Waals surface area contributed by atoms with Crippen molar-refractivity contribution in [2.24, 2.45) is 0 Å². The fourth-order valence-electron chi connectivity index (χ4n) is 3.49. The first-order valence-electron chi connectivity index (χ1n) is 6.78. The van der Waals surface area contributed by atoms with Crippen LogP contribution in [0.5, 0.6) is 0 Å². The number of fused-ring (bicyclic) bond motifs is 3. The van der Waals surface area contributed by atoms with Gasteiger partial charge in [0, 0.05) is 28.5 Å². The Bertz CT molecular complexity index is 696. The van der Waals surface area contributed by atoms with E-state index in [4.69, 9.17) is 0 Å². The Labute approximate surface area is 124 Å². The van der Waals surface area contributed by atoms with E-state index in [1.807, 2.05) is 25.2 Å². The normalized spacial score (nSPS) is 29.4. The van der Waals surface area contributed by atoms with Crippen molar-refractivity contribution in [3.63, 3.8) is 0 Å². The Morgan fingerprint density at radius 2 is 2.35 bits per heavy atom. The van der Waals surface area contributed by atoms with Gasteiger partial charge in [-0.3, -0.25) is 14.8 Å². The third kappa shape index (κ3) is 1.68. The van der Waals surface area contributed by atoms with Crippen LogP contribution in [0.4, 0.5) is 0 Å². The summed E-state index contributed by atoms with van der Waals surface area (Å²) in [4.78, 5) is 15.1. The smallest absolute Gasteiger partial charge is 0.202 e. The lowest BCUT2D eigenvalue weighted by molar-refractivity contribution is 0.0811. The van der Waals surface area contributed by atoms with Crippen molar-refractivity contribution in [3.05, 3.63) is 28.4 Å². The zero-order valence-electron chi connectivity index (χ0n) is 11.1. The zero-order valence-corrected chi connectivity index (χ0v) is 12.6. The average Bonchev–Trinajstić information content (AvgIpc) is 3.10. The molecule has 20 heavy (non-hydrogen) atoms. The lowest BCUT2D eigenvalue weighted by atomic mass is 10.0. The van der Waals surface area contributed by atoms with Crippen LogP contribution in [0.2, 0.25) is 0 Å². The molecule has 104 valence electrons. The largest absolute Gasteiger partial charge is 0.310 e. The summed E-state index contributed by atoms with van der Waals surface area (Å²) in [7, 11) is 2.04. The van der Waals surface area contributed by atoms with E-state index in [0.29, 0.717) is 11.7 Å². The van der Waals surface area contributed by atoms with Gasteiger partial charge in [0.25, 0.3) is 0 Å². The third-order valence-electron chi connectivity index (χ3n) is 4.56. The number of nitrogens with one attached hydrogen (secondary N) is 2. The molecular weight excluding hydrogens is 320 g/mol. The first-order chi connectivity index (χ1) is 9.65. The first kappa shape index (κ1) is 12.5. The average molecular weight is 335 g/mol. The predicted octanol–water partition coefficient (Wildman–Crippen LogP) is 1.55. The molecule has 2 N–H and O–H groups in total. The minimum Gasteiger partial charge on any atom is -0.310 e. The van der Waals surface area contributed by atoms with Crippen molar-refractivity contribution in [1.29, 1.82) is 0 Å². The minimum absolute atomic E-state index is 0.0979. The molecule has 1 aromatic heterocycles. The number of carbonyl (C=O) groups excluding carboxylic acids is 1. The quantitative estimate of drug-likeness (QED) is 0.818. The van der Waals surface area contributed by atoms with E-state index in [-0.39, 0.29) is 17.9 Å². The van der Waals surface area contributed by atoms with E-state index in [1.54, 1.807) is 0 Å². The highest BCUT2D eigenvalue weighted by Gasteiger charge is 2.48. The molecule has 0 saturated carbocycles. The van der Waals surface area contributed by atoms with Gasteiger partial charge in [-0.15, -0.1) is 0 Å². The van der Waals surface area contributed by atoms with Crippen LogP contribution in [0.3, 0.4) is 0 Å². The van der Waals surface area contributed by atoms with Crippen LogP contribution in [0.25, 0.3) is 10.9 Å². The van der Waals surface area contributed by atoms with E-state index in [0.717, 1.165) is 28.3 Å². The summed E-state index contributed by atoms with van der Waals surface area (Å²) in [6.45, 7) is 0.984. The maximum absolute atomic E-state index is 12.9. The van der Waals surface area contributed by atoms with Crippen LogP contribution in [-0.2, 0) is 0 Å². The number of rotatable bonds is 2. The number of hydrogen-bond donors (Lipinski definition) is 2. The van der Waals surface area contributed by atoms with Gasteiger partial charge in [0.1, 0.15) is 5.69 Å². The fourth-order valence-corrected chi connectivity index (χ4v) is 3.85. The van der Waals surface area contributed by atoms with Crippen molar-refractivity contribution in [2.45, 2.75) is 24.5 Å². The number of benzene rings is 1. The minimum atomic E-state index is -0.0979. The van der Waals surface area contributed by atoms with Gasteiger partial charge in [0.05, 0.1) is 11.6 Å². The molecule has 0 spiro atoms. The number of halogens is 1. The number of aromatic amines is 1. The Morgan fingerprint density at radius 1 is 1.50 bits per heavy atom. The van der Waals surface area contributed by atoms with E-state index >= 15 is 0 Å². The number of carbonyl (C=O) groups is 1. The summed E-state index contributed by atoms with van der Waals surface area (Å²) in [5.74, 6) is 0.108. The Kier molecular flexibility index (Phi) is 2.73. The molecule has 2 aromatic rings. The summed E-state index contributed by atoms with van der Waals surface area (Å²) in [5.41, 5.74) is 1.45. The summed E-state index contributed by atoms with van der Waals surface area (Å²) in [5, 5.41) is 11.5. The molecule has 3 atom stereocenters. The van der Waals surface area contributed by atoms with E-state index < -0.39 is 0 Å². The maximum Gasteiger partial charge on any atom is 0.202 e. The van der Waals surface area contributed by atoms with Gasteiger partial charge < -0.3 is 5.32 Å². The standard InChI is InChI=1S/C14H15BrN4O/c1-19-8-5-11(16-6-8)13(19)14(20)12-9-4-7(15)2-3-10(9)17-18-12/h2-4,8,11,13,16H,5-6H2,1H3,(H,17,18)/t8-,11+,13?/m0/s1. The number of likely N-dealkylation sites (tertiary alicyclic amines) is 1.